The lowest BCUT2D eigenvalue weighted by atomic mass is 9.95. The Hall–Kier alpha value is -3.78. The summed E-state index contributed by atoms with van der Waals surface area (Å²) in [7, 11) is -5.60. The van der Waals surface area contributed by atoms with Gasteiger partial charge in [-0.3, -0.25) is 9.59 Å². The van der Waals surface area contributed by atoms with Crippen LogP contribution < -0.4 is 14.8 Å². The molecule has 2 amide bonds. The Morgan fingerprint density at radius 1 is 1.03 bits per heavy atom. The SMILES string of the molecule is O=C(Nc1cc(OS(=O)(=O)F)cc2c1C(c1cc(F)ccc1Cl)NC2=O)c1cc(F)cc(C(F)(F)F)c1. The fourth-order valence-corrected chi connectivity index (χ4v) is 4.27. The minimum absolute atomic E-state index is 0.00107. The van der Waals surface area contributed by atoms with Crippen molar-refractivity contribution in [2.24, 2.45) is 0 Å². The molecule has 15 heteroatoms. The highest BCUT2D eigenvalue weighted by molar-refractivity contribution is 7.81. The maximum absolute atomic E-state index is 13.9. The average molecular weight is 565 g/mol. The van der Waals surface area contributed by atoms with Crippen molar-refractivity contribution in [1.29, 1.82) is 0 Å². The van der Waals surface area contributed by atoms with E-state index < -0.39 is 68.7 Å². The second kappa shape index (κ2) is 9.27. The molecule has 0 spiro atoms. The molecule has 1 atom stereocenters. The average Bonchev–Trinajstić information content (AvgIpc) is 3.09. The van der Waals surface area contributed by atoms with Crippen molar-refractivity contribution in [2.45, 2.75) is 12.2 Å². The molecule has 3 aromatic carbocycles. The number of carbonyl (C=O) groups is 2. The molecule has 0 bridgehead atoms. The van der Waals surface area contributed by atoms with Crippen LogP contribution in [-0.4, -0.2) is 20.2 Å². The molecule has 194 valence electrons. The van der Waals surface area contributed by atoms with Gasteiger partial charge in [0, 0.05) is 27.8 Å². The van der Waals surface area contributed by atoms with Gasteiger partial charge in [-0.25, -0.2) is 8.78 Å². The predicted octanol–water partition coefficient (Wildman–Crippen LogP) is 5.32. The number of rotatable bonds is 5. The number of hydrogen-bond acceptors (Lipinski definition) is 5. The summed E-state index contributed by atoms with van der Waals surface area (Å²) in [6.45, 7) is 0. The number of anilines is 1. The fourth-order valence-electron chi connectivity index (χ4n) is 3.72. The second-order valence-corrected chi connectivity index (χ2v) is 9.02. The topological polar surface area (TPSA) is 102 Å². The van der Waals surface area contributed by atoms with E-state index in [1.54, 1.807) is 0 Å². The summed E-state index contributed by atoms with van der Waals surface area (Å²) in [6.07, 6.45) is -4.99. The summed E-state index contributed by atoms with van der Waals surface area (Å²) in [6, 6.07) is 4.52. The van der Waals surface area contributed by atoms with Gasteiger partial charge in [0.2, 0.25) is 0 Å². The van der Waals surface area contributed by atoms with Crippen molar-refractivity contribution in [3.05, 3.63) is 93.0 Å². The molecule has 1 unspecified atom stereocenters. The Kier molecular flexibility index (Phi) is 6.58. The summed E-state index contributed by atoms with van der Waals surface area (Å²) in [5.41, 5.74) is -3.17. The van der Waals surface area contributed by atoms with Crippen molar-refractivity contribution >= 4 is 39.6 Å². The van der Waals surface area contributed by atoms with Crippen molar-refractivity contribution < 1.29 is 48.0 Å². The molecule has 4 rings (SSSR count). The number of halogens is 7. The van der Waals surface area contributed by atoms with Crippen molar-refractivity contribution in [1.82, 2.24) is 5.32 Å². The lowest BCUT2D eigenvalue weighted by Gasteiger charge is -2.19. The van der Waals surface area contributed by atoms with Gasteiger partial charge in [0.1, 0.15) is 17.4 Å². The van der Waals surface area contributed by atoms with Crippen LogP contribution in [-0.2, 0) is 16.7 Å². The normalized spacial score (nSPS) is 15.2. The van der Waals surface area contributed by atoms with E-state index >= 15 is 0 Å². The molecule has 0 radical (unpaired) electrons. The Morgan fingerprint density at radius 2 is 1.73 bits per heavy atom. The van der Waals surface area contributed by atoms with Gasteiger partial charge in [-0.05, 0) is 42.5 Å². The molecule has 0 fully saturated rings. The van der Waals surface area contributed by atoms with E-state index in [0.29, 0.717) is 12.1 Å². The van der Waals surface area contributed by atoms with Crippen LogP contribution in [0.5, 0.6) is 5.75 Å². The first-order chi connectivity index (χ1) is 17.1. The van der Waals surface area contributed by atoms with Crippen LogP contribution >= 0.6 is 11.6 Å². The lowest BCUT2D eigenvalue weighted by molar-refractivity contribution is -0.137. The van der Waals surface area contributed by atoms with Gasteiger partial charge in [-0.2, -0.15) is 21.6 Å². The second-order valence-electron chi connectivity index (χ2n) is 7.66. The molecule has 0 aromatic heterocycles. The number of hydrogen-bond donors (Lipinski definition) is 2. The Morgan fingerprint density at radius 3 is 2.38 bits per heavy atom. The van der Waals surface area contributed by atoms with Crippen LogP contribution in [0.4, 0.5) is 31.5 Å². The lowest BCUT2D eigenvalue weighted by Crippen LogP contribution is -2.21. The van der Waals surface area contributed by atoms with Gasteiger partial charge in [0.25, 0.3) is 11.8 Å². The first-order valence-electron chi connectivity index (χ1n) is 9.89. The molecule has 0 saturated carbocycles. The van der Waals surface area contributed by atoms with Gasteiger partial charge >= 0.3 is 16.7 Å². The molecule has 1 aliphatic rings. The third-order valence-corrected chi connectivity index (χ3v) is 5.90. The quantitative estimate of drug-likeness (QED) is 0.323. The third-order valence-electron chi connectivity index (χ3n) is 5.16. The first-order valence-corrected chi connectivity index (χ1v) is 11.6. The van der Waals surface area contributed by atoms with E-state index in [1.165, 1.54) is 6.07 Å². The number of nitrogens with one attached hydrogen (secondary N) is 2. The number of benzene rings is 3. The van der Waals surface area contributed by atoms with Gasteiger partial charge in [0.05, 0.1) is 22.9 Å². The molecule has 2 N–H and O–H groups in total. The van der Waals surface area contributed by atoms with Gasteiger partial charge in [-0.1, -0.05) is 15.5 Å². The Labute approximate surface area is 209 Å². The maximum Gasteiger partial charge on any atom is 0.488 e. The fraction of sp³-hybridized carbons (Fsp3) is 0.0909. The summed E-state index contributed by atoms with van der Waals surface area (Å²) in [4.78, 5) is 25.5. The summed E-state index contributed by atoms with van der Waals surface area (Å²) in [5, 5.41) is 4.56. The molecular weight excluding hydrogens is 554 g/mol. The molecule has 1 heterocycles. The Balaban J connectivity index is 1.86. The van der Waals surface area contributed by atoms with E-state index in [2.05, 4.69) is 14.8 Å². The van der Waals surface area contributed by atoms with Crippen LogP contribution in [0.15, 0.2) is 48.5 Å². The van der Waals surface area contributed by atoms with E-state index in [9.17, 15) is 43.8 Å². The number of carbonyl (C=O) groups excluding carboxylic acids is 2. The van der Waals surface area contributed by atoms with E-state index in [-0.39, 0.29) is 27.8 Å². The molecule has 7 nitrogen and oxygen atoms in total. The third kappa shape index (κ3) is 5.64. The van der Waals surface area contributed by atoms with Crippen LogP contribution in [0.3, 0.4) is 0 Å². The molecular formula is C22H11ClF6N2O5S. The van der Waals surface area contributed by atoms with E-state index in [1.807, 2.05) is 0 Å². The van der Waals surface area contributed by atoms with Crippen LogP contribution in [0.25, 0.3) is 0 Å². The largest absolute Gasteiger partial charge is 0.488 e. The van der Waals surface area contributed by atoms with Crippen molar-refractivity contribution in [3.8, 4) is 5.75 Å². The van der Waals surface area contributed by atoms with Gasteiger partial charge in [-0.15, -0.1) is 0 Å². The highest BCUT2D eigenvalue weighted by atomic mass is 35.5. The highest BCUT2D eigenvalue weighted by Crippen LogP contribution is 2.42. The van der Waals surface area contributed by atoms with E-state index in [0.717, 1.165) is 24.3 Å². The summed E-state index contributed by atoms with van der Waals surface area (Å²) < 4.78 is 106. The molecule has 1 aliphatic heterocycles. The zero-order valence-corrected chi connectivity index (χ0v) is 19.4. The zero-order valence-electron chi connectivity index (χ0n) is 17.8. The molecule has 0 aliphatic carbocycles. The van der Waals surface area contributed by atoms with Gasteiger partial charge in [0.15, 0.2) is 0 Å². The van der Waals surface area contributed by atoms with Gasteiger partial charge < -0.3 is 14.8 Å². The monoisotopic (exact) mass is 564 g/mol. The van der Waals surface area contributed by atoms with Crippen LogP contribution in [0.1, 0.15) is 43.4 Å². The van der Waals surface area contributed by atoms with Crippen molar-refractivity contribution in [2.75, 3.05) is 5.32 Å². The molecule has 0 saturated heterocycles. The van der Waals surface area contributed by atoms with Crippen LogP contribution in [0, 0.1) is 11.6 Å². The maximum atomic E-state index is 13.9. The minimum atomic E-state index is -5.60. The predicted molar refractivity (Wildman–Crippen MR) is 117 cm³/mol. The summed E-state index contributed by atoms with van der Waals surface area (Å²) in [5.74, 6) is -5.12. The zero-order chi connectivity index (χ0) is 27.3. The number of amides is 2. The highest BCUT2D eigenvalue weighted by Gasteiger charge is 2.36. The molecule has 37 heavy (non-hydrogen) atoms. The standard InChI is InChI=1S/C22H11ClF6N2O5S/c23-16-2-1-11(24)6-14(16)19-18-15(21(33)31-19)7-13(36-37(29,34)35)8-17(18)30-20(32)9-3-10(22(26,27)28)5-12(25)4-9/h1-8,19H,(H,30,32)(H,31,33). The number of alkyl halides is 3. The number of fused-ring (bicyclic) bond motifs is 1. The smallest absolute Gasteiger partial charge is 0.358 e. The first kappa shape index (κ1) is 26.3. The Bertz CT molecular complexity index is 1560. The molecule has 3 aromatic rings. The van der Waals surface area contributed by atoms with E-state index in [4.69, 9.17) is 11.6 Å². The minimum Gasteiger partial charge on any atom is -0.358 e. The van der Waals surface area contributed by atoms with Crippen LogP contribution in [0.2, 0.25) is 5.02 Å². The van der Waals surface area contributed by atoms with Crippen molar-refractivity contribution in [3.63, 3.8) is 0 Å². The summed E-state index contributed by atoms with van der Waals surface area (Å²) >= 11 is 6.13.